The van der Waals surface area contributed by atoms with E-state index < -0.39 is 11.2 Å². The number of halogens is 1. The third-order valence-electron chi connectivity index (χ3n) is 3.25. The molecule has 3 aromatic heterocycles. The molecule has 0 unspecified atom stereocenters. The highest BCUT2D eigenvalue weighted by atomic mass is 79.9. The zero-order valence-corrected chi connectivity index (χ0v) is 14.4. The largest absolute Gasteiger partial charge is 0.337 e. The van der Waals surface area contributed by atoms with Crippen molar-refractivity contribution in [3.8, 4) is 11.9 Å². The topological polar surface area (TPSA) is 93.6 Å². The molecule has 3 rings (SSSR count). The van der Waals surface area contributed by atoms with Gasteiger partial charge < -0.3 is 0 Å². The van der Waals surface area contributed by atoms with Crippen LogP contribution in [0.3, 0.4) is 0 Å². The third-order valence-corrected chi connectivity index (χ3v) is 4.86. The van der Waals surface area contributed by atoms with Gasteiger partial charge >= 0.3 is 5.69 Å². The second kappa shape index (κ2) is 6.06. The lowest BCUT2D eigenvalue weighted by atomic mass is 10.3. The van der Waals surface area contributed by atoms with Gasteiger partial charge in [-0.15, -0.1) is 16.4 Å². The van der Waals surface area contributed by atoms with Crippen molar-refractivity contribution in [1.29, 1.82) is 5.26 Å². The van der Waals surface area contributed by atoms with Crippen molar-refractivity contribution in [3.63, 3.8) is 0 Å². The molecule has 0 spiro atoms. The molecule has 0 radical (unpaired) electrons. The number of fused-ring (bicyclic) bond motifs is 1. The molecule has 0 N–H and O–H groups in total. The Morgan fingerprint density at radius 2 is 2.17 bits per heavy atom. The van der Waals surface area contributed by atoms with Gasteiger partial charge in [-0.1, -0.05) is 0 Å². The Hall–Kier alpha value is -2.31. The summed E-state index contributed by atoms with van der Waals surface area (Å²) in [6.07, 6.45) is 1.71. The van der Waals surface area contributed by atoms with Crippen LogP contribution in [0.4, 0.5) is 0 Å². The number of hydrogen-bond donors (Lipinski definition) is 0. The second-order valence-electron chi connectivity index (χ2n) is 4.84. The Morgan fingerprint density at radius 1 is 1.39 bits per heavy atom. The van der Waals surface area contributed by atoms with Crippen LogP contribution in [-0.4, -0.2) is 19.3 Å². The maximum Gasteiger partial charge on any atom is 0.337 e. The summed E-state index contributed by atoms with van der Waals surface area (Å²) >= 11 is 4.58. The summed E-state index contributed by atoms with van der Waals surface area (Å²) in [6.45, 7) is 2.01. The van der Waals surface area contributed by atoms with Crippen LogP contribution in [0.15, 0.2) is 31.7 Å². The lowest BCUT2D eigenvalue weighted by molar-refractivity contribution is 0.655. The molecule has 23 heavy (non-hydrogen) atoms. The van der Waals surface area contributed by atoms with Crippen LogP contribution in [0.25, 0.3) is 16.0 Å². The average molecular weight is 392 g/mol. The Morgan fingerprint density at radius 3 is 2.87 bits per heavy atom. The minimum absolute atomic E-state index is 0.167. The summed E-state index contributed by atoms with van der Waals surface area (Å²) in [5.74, 6) is 0.178. The summed E-state index contributed by atoms with van der Waals surface area (Å²) < 4.78 is 3.59. The molecule has 0 aliphatic rings. The standard InChI is InChI=1S/C14H10BrN5O2S/c1-8-5-11(18-17-7-8)20-13(21)12-9(6-10(15)23-12)19(14(20)22)4-2-3-16/h5-7H,2,4H2,1H3. The van der Waals surface area contributed by atoms with Crippen molar-refractivity contribution >= 4 is 37.5 Å². The van der Waals surface area contributed by atoms with Crippen LogP contribution in [-0.2, 0) is 6.54 Å². The number of rotatable bonds is 3. The molecule has 0 aromatic carbocycles. The van der Waals surface area contributed by atoms with Crippen LogP contribution in [0.1, 0.15) is 12.0 Å². The first-order valence-corrected chi connectivity index (χ1v) is 8.25. The first-order valence-electron chi connectivity index (χ1n) is 6.64. The third kappa shape index (κ3) is 2.71. The molecule has 3 heterocycles. The van der Waals surface area contributed by atoms with E-state index in [4.69, 9.17) is 5.26 Å². The fourth-order valence-electron chi connectivity index (χ4n) is 2.26. The van der Waals surface area contributed by atoms with Gasteiger partial charge in [0, 0.05) is 6.54 Å². The Balaban J connectivity index is 2.41. The first-order chi connectivity index (χ1) is 11.0. The quantitative estimate of drug-likeness (QED) is 0.680. The molecule has 3 aromatic rings. The molecule has 0 atom stereocenters. The number of nitriles is 1. The molecule has 0 fully saturated rings. The van der Waals surface area contributed by atoms with E-state index in [0.717, 1.165) is 13.9 Å². The highest BCUT2D eigenvalue weighted by molar-refractivity contribution is 9.11. The molecule has 0 aliphatic carbocycles. The lowest BCUT2D eigenvalue weighted by Crippen LogP contribution is -2.39. The predicted octanol–water partition coefficient (Wildman–Crippen LogP) is 1.99. The van der Waals surface area contributed by atoms with Gasteiger partial charge in [0.1, 0.15) is 4.70 Å². The van der Waals surface area contributed by atoms with Crippen LogP contribution in [0, 0.1) is 18.3 Å². The van der Waals surface area contributed by atoms with Gasteiger partial charge in [0.05, 0.1) is 28.0 Å². The second-order valence-corrected chi connectivity index (χ2v) is 7.27. The summed E-state index contributed by atoms with van der Waals surface area (Å²) in [5.41, 5.74) is 0.345. The minimum atomic E-state index is -0.525. The number of aryl methyl sites for hydroxylation is 2. The van der Waals surface area contributed by atoms with Crippen molar-refractivity contribution in [2.24, 2.45) is 0 Å². The molecule has 0 saturated heterocycles. The van der Waals surface area contributed by atoms with Gasteiger partial charge in [0.2, 0.25) is 0 Å². The van der Waals surface area contributed by atoms with Crippen molar-refractivity contribution in [3.05, 3.63) is 48.5 Å². The van der Waals surface area contributed by atoms with Crippen LogP contribution in [0.2, 0.25) is 0 Å². The minimum Gasteiger partial charge on any atom is -0.291 e. The molecule has 9 heteroatoms. The summed E-state index contributed by atoms with van der Waals surface area (Å²) in [6, 6.07) is 5.35. The van der Waals surface area contributed by atoms with Gasteiger partial charge in [0.25, 0.3) is 5.56 Å². The average Bonchev–Trinajstić information content (AvgIpc) is 2.89. The van der Waals surface area contributed by atoms with Gasteiger partial charge in [-0.2, -0.15) is 10.4 Å². The highest BCUT2D eigenvalue weighted by Gasteiger charge is 2.17. The smallest absolute Gasteiger partial charge is 0.291 e. The van der Waals surface area contributed by atoms with Gasteiger partial charge in [-0.05, 0) is 40.5 Å². The van der Waals surface area contributed by atoms with Crippen LogP contribution >= 0.6 is 27.3 Å². The maximum absolute atomic E-state index is 12.8. The van der Waals surface area contributed by atoms with E-state index in [1.807, 2.05) is 6.07 Å². The zero-order valence-electron chi connectivity index (χ0n) is 12.0. The normalized spacial score (nSPS) is 10.8. The van der Waals surface area contributed by atoms with Crippen molar-refractivity contribution in [2.75, 3.05) is 0 Å². The fourth-order valence-corrected chi connectivity index (χ4v) is 3.78. The zero-order chi connectivity index (χ0) is 16.6. The van der Waals surface area contributed by atoms with E-state index in [1.54, 1.807) is 25.3 Å². The SMILES string of the molecule is Cc1cnnc(-n2c(=O)c3sc(Br)cc3n(CCC#N)c2=O)c1. The van der Waals surface area contributed by atoms with Crippen LogP contribution in [0.5, 0.6) is 0 Å². The Kier molecular flexibility index (Phi) is 4.11. The van der Waals surface area contributed by atoms with E-state index >= 15 is 0 Å². The summed E-state index contributed by atoms with van der Waals surface area (Å²) in [7, 11) is 0. The van der Waals surface area contributed by atoms with E-state index in [9.17, 15) is 9.59 Å². The number of thiophene rings is 1. The van der Waals surface area contributed by atoms with E-state index in [2.05, 4.69) is 26.1 Å². The molecule has 0 saturated carbocycles. The Bertz CT molecular complexity index is 1060. The molecule has 0 bridgehead atoms. The highest BCUT2D eigenvalue weighted by Crippen LogP contribution is 2.26. The fraction of sp³-hybridized carbons (Fsp3) is 0.214. The molecule has 116 valence electrons. The maximum atomic E-state index is 12.8. The Labute approximate surface area is 142 Å². The van der Waals surface area contributed by atoms with E-state index in [1.165, 1.54) is 15.9 Å². The lowest BCUT2D eigenvalue weighted by Gasteiger charge is -2.10. The predicted molar refractivity (Wildman–Crippen MR) is 89.9 cm³/mol. The van der Waals surface area contributed by atoms with E-state index in [-0.39, 0.29) is 18.8 Å². The molecule has 0 aliphatic heterocycles. The number of aromatic nitrogens is 4. The molecule has 0 amide bonds. The van der Waals surface area contributed by atoms with Gasteiger partial charge in [0.15, 0.2) is 5.82 Å². The number of hydrogen-bond acceptors (Lipinski definition) is 6. The summed E-state index contributed by atoms with van der Waals surface area (Å²) in [4.78, 5) is 25.5. The van der Waals surface area contributed by atoms with Crippen molar-refractivity contribution in [2.45, 2.75) is 19.9 Å². The van der Waals surface area contributed by atoms with Gasteiger partial charge in [-0.3, -0.25) is 9.36 Å². The van der Waals surface area contributed by atoms with Gasteiger partial charge in [-0.25, -0.2) is 9.36 Å². The molecule has 7 nitrogen and oxygen atoms in total. The van der Waals surface area contributed by atoms with Crippen molar-refractivity contribution in [1.82, 2.24) is 19.3 Å². The first kappa shape index (κ1) is 15.6. The van der Waals surface area contributed by atoms with Crippen molar-refractivity contribution < 1.29 is 0 Å². The number of nitrogens with zero attached hydrogens (tertiary/aromatic N) is 5. The van der Waals surface area contributed by atoms with E-state index in [0.29, 0.717) is 10.2 Å². The summed E-state index contributed by atoms with van der Waals surface area (Å²) in [5, 5.41) is 16.5. The molecular formula is C14H10BrN5O2S. The monoisotopic (exact) mass is 391 g/mol. The van der Waals surface area contributed by atoms with Crippen LogP contribution < -0.4 is 11.2 Å². The molecular weight excluding hydrogens is 382 g/mol.